The summed E-state index contributed by atoms with van der Waals surface area (Å²) in [4.78, 5) is 24.6. The molecule has 0 fully saturated rings. The van der Waals surface area contributed by atoms with Crippen LogP contribution in [0.3, 0.4) is 0 Å². The molecule has 0 aliphatic heterocycles. The fourth-order valence-corrected chi connectivity index (χ4v) is 2.68. The van der Waals surface area contributed by atoms with Crippen molar-refractivity contribution in [2.45, 2.75) is 40.2 Å². The molecule has 0 aromatic carbocycles. The molecule has 2 rings (SSSR count). The molecule has 0 radical (unpaired) electrons. The second-order valence-corrected chi connectivity index (χ2v) is 6.04. The van der Waals surface area contributed by atoms with Crippen molar-refractivity contribution in [3.05, 3.63) is 53.1 Å². The molecule has 0 aliphatic rings. The number of carbonyl (C=O) groups is 2. The molecule has 6 nitrogen and oxygen atoms in total. The number of aromatic amines is 1. The van der Waals surface area contributed by atoms with Crippen LogP contribution in [0.25, 0.3) is 0 Å². The topological polar surface area (TPSA) is 77.0 Å². The molecular formula is C18H23N3O3. The Morgan fingerprint density at radius 2 is 2.08 bits per heavy atom. The first-order valence-corrected chi connectivity index (χ1v) is 7.88. The molecule has 0 saturated heterocycles. The van der Waals surface area contributed by atoms with E-state index in [1.165, 1.54) is 6.20 Å². The van der Waals surface area contributed by atoms with Gasteiger partial charge in [-0.2, -0.15) is 5.10 Å². The van der Waals surface area contributed by atoms with Gasteiger partial charge >= 0.3 is 5.97 Å². The molecule has 0 unspecified atom stereocenters. The van der Waals surface area contributed by atoms with Crippen LogP contribution in [0.2, 0.25) is 0 Å². The van der Waals surface area contributed by atoms with E-state index in [0.717, 1.165) is 11.4 Å². The Morgan fingerprint density at radius 1 is 1.38 bits per heavy atom. The van der Waals surface area contributed by atoms with Gasteiger partial charge in [0.1, 0.15) is 5.56 Å². The van der Waals surface area contributed by atoms with Gasteiger partial charge in [0.2, 0.25) is 5.78 Å². The number of ketones is 1. The summed E-state index contributed by atoms with van der Waals surface area (Å²) in [5.74, 6) is -0.648. The van der Waals surface area contributed by atoms with Gasteiger partial charge in [0.25, 0.3) is 0 Å². The van der Waals surface area contributed by atoms with Gasteiger partial charge in [0.05, 0.1) is 11.9 Å². The molecule has 6 heteroatoms. The fraction of sp³-hybridized carbons (Fsp3) is 0.389. The molecule has 1 N–H and O–H groups in total. The lowest BCUT2D eigenvalue weighted by Gasteiger charge is -2.08. The summed E-state index contributed by atoms with van der Waals surface area (Å²) in [6.07, 6.45) is 3.21. The van der Waals surface area contributed by atoms with Crippen LogP contribution in [0.5, 0.6) is 0 Å². The van der Waals surface area contributed by atoms with Gasteiger partial charge < -0.3 is 9.30 Å². The number of rotatable bonds is 7. The lowest BCUT2D eigenvalue weighted by molar-refractivity contribution is 0.0473. The molecule has 2 aromatic rings. The third kappa shape index (κ3) is 3.48. The maximum Gasteiger partial charge on any atom is 0.342 e. The van der Waals surface area contributed by atoms with Crippen LogP contribution in [0, 0.1) is 13.8 Å². The zero-order valence-electron chi connectivity index (χ0n) is 14.5. The summed E-state index contributed by atoms with van der Waals surface area (Å²) < 4.78 is 7.17. The van der Waals surface area contributed by atoms with Crippen molar-refractivity contribution in [3.8, 4) is 0 Å². The Kier molecular flexibility index (Phi) is 5.39. The van der Waals surface area contributed by atoms with Gasteiger partial charge in [-0.1, -0.05) is 19.9 Å². The number of carbonyl (C=O) groups excluding carboxylic acids is 2. The molecule has 0 bridgehead atoms. The second kappa shape index (κ2) is 7.29. The van der Waals surface area contributed by atoms with Gasteiger partial charge in [-0.3, -0.25) is 9.89 Å². The first-order chi connectivity index (χ1) is 11.4. The molecule has 0 atom stereocenters. The van der Waals surface area contributed by atoms with E-state index in [0.29, 0.717) is 23.4 Å². The summed E-state index contributed by atoms with van der Waals surface area (Å²) >= 11 is 0. The normalized spacial score (nSPS) is 10.9. The molecule has 2 heterocycles. The average Bonchev–Trinajstić information content (AvgIpc) is 3.13. The van der Waals surface area contributed by atoms with Crippen molar-refractivity contribution in [2.24, 2.45) is 0 Å². The quantitative estimate of drug-likeness (QED) is 0.481. The van der Waals surface area contributed by atoms with E-state index in [1.54, 1.807) is 6.08 Å². The van der Waals surface area contributed by atoms with Gasteiger partial charge in [-0.05, 0) is 25.8 Å². The van der Waals surface area contributed by atoms with E-state index in [1.807, 2.05) is 38.3 Å². The molecular weight excluding hydrogens is 306 g/mol. The molecule has 128 valence electrons. The highest BCUT2D eigenvalue weighted by Gasteiger charge is 2.20. The summed E-state index contributed by atoms with van der Waals surface area (Å²) in [5.41, 5.74) is 3.46. The molecule has 0 amide bonds. The molecule has 0 aliphatic carbocycles. The third-order valence-electron chi connectivity index (χ3n) is 3.99. The average molecular weight is 329 g/mol. The highest BCUT2D eigenvalue weighted by atomic mass is 16.5. The molecule has 0 spiro atoms. The van der Waals surface area contributed by atoms with Crippen molar-refractivity contribution >= 4 is 11.8 Å². The van der Waals surface area contributed by atoms with Crippen molar-refractivity contribution < 1.29 is 14.3 Å². The van der Waals surface area contributed by atoms with Crippen LogP contribution in [0.4, 0.5) is 0 Å². The van der Waals surface area contributed by atoms with Crippen LogP contribution in [-0.2, 0) is 11.3 Å². The number of nitrogens with zero attached hydrogens (tertiary/aromatic N) is 2. The predicted octanol–water partition coefficient (Wildman–Crippen LogP) is 3.18. The standard InChI is InChI=1S/C18H23N3O3/c1-6-7-21-12(4)8-14(13(21)5)16(22)10-24-18(23)15-9-19-20-17(15)11(2)3/h6,8-9,11H,1,7,10H2,2-5H3,(H,19,20). The molecule has 0 saturated carbocycles. The Morgan fingerprint density at radius 3 is 2.71 bits per heavy atom. The number of aromatic nitrogens is 3. The number of nitrogens with one attached hydrogen (secondary N) is 1. The van der Waals surface area contributed by atoms with E-state index in [4.69, 9.17) is 4.74 Å². The minimum atomic E-state index is -0.541. The Bertz CT molecular complexity index is 769. The van der Waals surface area contributed by atoms with E-state index < -0.39 is 5.97 Å². The smallest absolute Gasteiger partial charge is 0.342 e. The van der Waals surface area contributed by atoms with Crippen LogP contribution in [-0.4, -0.2) is 33.1 Å². The van der Waals surface area contributed by atoms with Crippen molar-refractivity contribution in [3.63, 3.8) is 0 Å². The van der Waals surface area contributed by atoms with Gasteiger partial charge in [0.15, 0.2) is 6.61 Å². The van der Waals surface area contributed by atoms with E-state index in [-0.39, 0.29) is 18.3 Å². The minimum Gasteiger partial charge on any atom is -0.454 e. The van der Waals surface area contributed by atoms with Crippen LogP contribution in [0.1, 0.15) is 57.6 Å². The fourth-order valence-electron chi connectivity index (χ4n) is 2.68. The Balaban J connectivity index is 2.08. The first kappa shape index (κ1) is 17.7. The number of ether oxygens (including phenoxy) is 1. The predicted molar refractivity (Wildman–Crippen MR) is 91.4 cm³/mol. The van der Waals surface area contributed by atoms with Crippen molar-refractivity contribution in [1.82, 2.24) is 14.8 Å². The lowest BCUT2D eigenvalue weighted by atomic mass is 10.1. The SMILES string of the molecule is C=CCn1c(C)cc(C(=O)COC(=O)c2cn[nH]c2C(C)C)c1C. The highest BCUT2D eigenvalue weighted by molar-refractivity contribution is 6.00. The second-order valence-electron chi connectivity index (χ2n) is 6.04. The molecule has 2 aromatic heterocycles. The van der Waals surface area contributed by atoms with E-state index in [9.17, 15) is 9.59 Å². The summed E-state index contributed by atoms with van der Waals surface area (Å²) in [5, 5.41) is 6.67. The summed E-state index contributed by atoms with van der Waals surface area (Å²) in [6.45, 7) is 11.8. The van der Waals surface area contributed by atoms with Crippen LogP contribution >= 0.6 is 0 Å². The minimum absolute atomic E-state index is 0.114. The maximum absolute atomic E-state index is 12.4. The van der Waals surface area contributed by atoms with Gasteiger partial charge in [-0.25, -0.2) is 4.79 Å². The van der Waals surface area contributed by atoms with E-state index >= 15 is 0 Å². The number of hydrogen-bond donors (Lipinski definition) is 1. The maximum atomic E-state index is 12.4. The van der Waals surface area contributed by atoms with Crippen molar-refractivity contribution in [2.75, 3.05) is 6.61 Å². The third-order valence-corrected chi connectivity index (χ3v) is 3.99. The highest BCUT2D eigenvalue weighted by Crippen LogP contribution is 2.18. The number of allylic oxidation sites excluding steroid dienone is 1. The zero-order chi connectivity index (χ0) is 17.9. The first-order valence-electron chi connectivity index (χ1n) is 7.88. The van der Waals surface area contributed by atoms with Crippen LogP contribution < -0.4 is 0 Å². The number of hydrogen-bond acceptors (Lipinski definition) is 4. The molecule has 24 heavy (non-hydrogen) atoms. The summed E-state index contributed by atoms with van der Waals surface area (Å²) in [7, 11) is 0. The number of Topliss-reactive ketones (excluding diaryl/α,β-unsaturated/α-hetero) is 1. The van der Waals surface area contributed by atoms with Crippen molar-refractivity contribution in [1.29, 1.82) is 0 Å². The van der Waals surface area contributed by atoms with E-state index in [2.05, 4.69) is 16.8 Å². The van der Waals surface area contributed by atoms with Gasteiger partial charge in [0, 0.05) is 23.5 Å². The zero-order valence-corrected chi connectivity index (χ0v) is 14.5. The summed E-state index contributed by atoms with van der Waals surface area (Å²) in [6, 6.07) is 1.81. The Hall–Kier alpha value is -2.63. The largest absolute Gasteiger partial charge is 0.454 e. The monoisotopic (exact) mass is 329 g/mol. The number of H-pyrrole nitrogens is 1. The lowest BCUT2D eigenvalue weighted by Crippen LogP contribution is -2.16. The van der Waals surface area contributed by atoms with Crippen LogP contribution in [0.15, 0.2) is 24.9 Å². The van der Waals surface area contributed by atoms with Gasteiger partial charge in [-0.15, -0.1) is 6.58 Å². The number of esters is 1. The number of aryl methyl sites for hydroxylation is 1. The Labute approximate surface area is 141 Å².